The standard InChI is InChI=1S/C28H31ClFN3O3.C5H12O/c1-18-21(14-26(34)35)27(33-11-9-28(2,3)10-12-33)22(16-31-18)24-15-23(29)25(17-32-24)36-13-8-19-4-6-20(30)7-5-19;1-4-5(2,3)6/h4-7,15-17H,8-14H2,1-3H3,(H,34,35);6H,4H2,1-3H3. The van der Waals surface area contributed by atoms with Crippen LogP contribution in [0.25, 0.3) is 11.3 Å². The third-order valence-corrected chi connectivity index (χ3v) is 7.94. The van der Waals surface area contributed by atoms with Crippen LogP contribution in [0.4, 0.5) is 10.1 Å². The van der Waals surface area contributed by atoms with Crippen molar-refractivity contribution in [3.8, 4) is 17.0 Å². The van der Waals surface area contributed by atoms with Crippen LogP contribution in [0, 0.1) is 18.2 Å². The summed E-state index contributed by atoms with van der Waals surface area (Å²) in [5.41, 5.74) is 4.41. The summed E-state index contributed by atoms with van der Waals surface area (Å²) in [4.78, 5) is 23.1. The van der Waals surface area contributed by atoms with Crippen LogP contribution in [-0.2, 0) is 17.6 Å². The Morgan fingerprint density at radius 2 is 1.76 bits per heavy atom. The van der Waals surface area contributed by atoms with E-state index in [1.165, 1.54) is 12.1 Å². The number of carboxylic acid groups (broad SMARTS) is 1. The van der Waals surface area contributed by atoms with E-state index in [0.29, 0.717) is 40.8 Å². The number of aliphatic hydroxyl groups is 1. The number of aryl methyl sites for hydroxylation is 1. The number of hydrogen-bond donors (Lipinski definition) is 2. The summed E-state index contributed by atoms with van der Waals surface area (Å²) in [5, 5.41) is 18.8. The highest BCUT2D eigenvalue weighted by Gasteiger charge is 2.29. The lowest BCUT2D eigenvalue weighted by atomic mass is 9.82. The first-order valence-corrected chi connectivity index (χ1v) is 14.8. The number of ether oxygens (including phenoxy) is 1. The van der Waals surface area contributed by atoms with Gasteiger partial charge in [-0.3, -0.25) is 14.8 Å². The third-order valence-electron chi connectivity index (χ3n) is 7.65. The smallest absolute Gasteiger partial charge is 0.307 e. The van der Waals surface area contributed by atoms with Gasteiger partial charge in [-0.15, -0.1) is 0 Å². The van der Waals surface area contributed by atoms with Gasteiger partial charge in [-0.25, -0.2) is 4.39 Å². The molecule has 2 N–H and O–H groups in total. The highest BCUT2D eigenvalue weighted by atomic mass is 35.5. The van der Waals surface area contributed by atoms with Crippen molar-refractivity contribution in [3.63, 3.8) is 0 Å². The summed E-state index contributed by atoms with van der Waals surface area (Å²) >= 11 is 6.57. The maximum absolute atomic E-state index is 13.1. The van der Waals surface area contributed by atoms with Crippen molar-refractivity contribution in [1.29, 1.82) is 0 Å². The fourth-order valence-corrected chi connectivity index (χ4v) is 4.69. The fourth-order valence-electron chi connectivity index (χ4n) is 4.48. The highest BCUT2D eigenvalue weighted by Crippen LogP contribution is 2.40. The first kappa shape index (κ1) is 33.3. The zero-order chi connectivity index (χ0) is 31.1. The van der Waals surface area contributed by atoms with Gasteiger partial charge in [0.25, 0.3) is 0 Å². The Kier molecular flexibility index (Phi) is 11.3. The predicted molar refractivity (Wildman–Crippen MR) is 166 cm³/mol. The Morgan fingerprint density at radius 3 is 2.31 bits per heavy atom. The average molecular weight is 600 g/mol. The van der Waals surface area contributed by atoms with Crippen molar-refractivity contribution in [2.75, 3.05) is 24.6 Å². The summed E-state index contributed by atoms with van der Waals surface area (Å²) < 4.78 is 18.9. The van der Waals surface area contributed by atoms with E-state index < -0.39 is 11.6 Å². The number of benzene rings is 1. The zero-order valence-corrected chi connectivity index (χ0v) is 26.3. The second-order valence-corrected chi connectivity index (χ2v) is 12.6. The average Bonchev–Trinajstić information content (AvgIpc) is 2.92. The molecule has 7 nitrogen and oxygen atoms in total. The van der Waals surface area contributed by atoms with Gasteiger partial charge in [-0.1, -0.05) is 44.5 Å². The Hall–Kier alpha value is -3.23. The van der Waals surface area contributed by atoms with Crippen LogP contribution in [0.3, 0.4) is 0 Å². The SMILES string of the molecule is CCC(C)(C)O.Cc1ncc(-c2cc(Cl)c(OCCc3ccc(F)cc3)cn2)c(N2CCC(C)(C)CC2)c1CC(=O)O. The number of carbonyl (C=O) groups is 1. The summed E-state index contributed by atoms with van der Waals surface area (Å²) in [5.74, 6) is -0.714. The first-order chi connectivity index (χ1) is 19.7. The topological polar surface area (TPSA) is 95.8 Å². The molecule has 1 aliphatic rings. The van der Waals surface area contributed by atoms with E-state index in [1.807, 2.05) is 13.8 Å². The summed E-state index contributed by atoms with van der Waals surface area (Å²) in [6, 6.07) is 8.04. The van der Waals surface area contributed by atoms with E-state index in [2.05, 4.69) is 28.7 Å². The molecule has 2 aromatic heterocycles. The molecule has 9 heteroatoms. The van der Waals surface area contributed by atoms with Gasteiger partial charge in [0.05, 0.1) is 41.2 Å². The minimum Gasteiger partial charge on any atom is -0.490 e. The molecule has 0 saturated carbocycles. The number of aliphatic carboxylic acids is 1. The minimum atomic E-state index is -0.897. The molecule has 42 heavy (non-hydrogen) atoms. The zero-order valence-electron chi connectivity index (χ0n) is 25.5. The van der Waals surface area contributed by atoms with Crippen molar-refractivity contribution in [2.24, 2.45) is 5.41 Å². The maximum Gasteiger partial charge on any atom is 0.307 e. The number of piperidine rings is 1. The summed E-state index contributed by atoms with van der Waals surface area (Å²) in [6.45, 7) is 13.9. The number of nitrogens with zero attached hydrogens (tertiary/aromatic N) is 3. The molecule has 0 spiro atoms. The van der Waals surface area contributed by atoms with Crippen molar-refractivity contribution >= 4 is 23.3 Å². The van der Waals surface area contributed by atoms with Crippen molar-refractivity contribution in [3.05, 3.63) is 70.4 Å². The summed E-state index contributed by atoms with van der Waals surface area (Å²) in [7, 11) is 0. The number of rotatable bonds is 9. The molecular weight excluding hydrogens is 557 g/mol. The van der Waals surface area contributed by atoms with Gasteiger partial charge in [-0.05, 0) is 69.2 Å². The van der Waals surface area contributed by atoms with Gasteiger partial charge >= 0.3 is 5.97 Å². The van der Waals surface area contributed by atoms with Crippen LogP contribution in [0.1, 0.15) is 70.7 Å². The lowest BCUT2D eigenvalue weighted by Crippen LogP contribution is -2.38. The molecule has 3 heterocycles. The van der Waals surface area contributed by atoms with Crippen LogP contribution < -0.4 is 9.64 Å². The van der Waals surface area contributed by atoms with Crippen LogP contribution >= 0.6 is 11.6 Å². The Morgan fingerprint density at radius 1 is 1.14 bits per heavy atom. The fraction of sp³-hybridized carbons (Fsp3) is 0.485. The number of carboxylic acids is 1. The molecular formula is C33H43ClFN3O4. The van der Waals surface area contributed by atoms with Crippen LogP contribution in [0.15, 0.2) is 42.7 Å². The van der Waals surface area contributed by atoms with Gasteiger partial charge in [0.2, 0.25) is 0 Å². The summed E-state index contributed by atoms with van der Waals surface area (Å²) in [6.07, 6.45) is 6.68. The lowest BCUT2D eigenvalue weighted by molar-refractivity contribution is -0.136. The second-order valence-electron chi connectivity index (χ2n) is 12.2. The van der Waals surface area contributed by atoms with Gasteiger partial charge in [0.1, 0.15) is 5.82 Å². The van der Waals surface area contributed by atoms with E-state index in [0.717, 1.165) is 49.2 Å². The normalized spacial score (nSPS) is 14.6. The van der Waals surface area contributed by atoms with Crippen LogP contribution in [-0.4, -0.2) is 51.4 Å². The van der Waals surface area contributed by atoms with Crippen molar-refractivity contribution in [1.82, 2.24) is 9.97 Å². The van der Waals surface area contributed by atoms with Gasteiger partial charge < -0.3 is 19.8 Å². The van der Waals surface area contributed by atoms with E-state index in [-0.39, 0.29) is 17.7 Å². The Balaban J connectivity index is 0.000000730. The molecule has 0 aliphatic carbocycles. The molecule has 4 rings (SSSR count). The van der Waals surface area contributed by atoms with E-state index in [9.17, 15) is 14.3 Å². The molecule has 3 aromatic rings. The molecule has 1 aromatic carbocycles. The number of aromatic nitrogens is 2. The number of pyridine rings is 2. The molecule has 1 aliphatic heterocycles. The first-order valence-electron chi connectivity index (χ1n) is 14.4. The van der Waals surface area contributed by atoms with Crippen molar-refractivity contribution in [2.45, 2.75) is 79.2 Å². The highest BCUT2D eigenvalue weighted by molar-refractivity contribution is 6.32. The van der Waals surface area contributed by atoms with Gasteiger partial charge in [0.15, 0.2) is 5.75 Å². The van der Waals surface area contributed by atoms with E-state index >= 15 is 0 Å². The maximum atomic E-state index is 13.1. The molecule has 0 atom stereocenters. The van der Waals surface area contributed by atoms with Crippen molar-refractivity contribution < 1.29 is 24.1 Å². The Labute approximate surface area is 253 Å². The van der Waals surface area contributed by atoms with Crippen LogP contribution in [0.2, 0.25) is 5.02 Å². The molecule has 0 amide bonds. The van der Waals surface area contributed by atoms with Crippen LogP contribution in [0.5, 0.6) is 5.75 Å². The molecule has 228 valence electrons. The second kappa shape index (κ2) is 14.3. The van der Waals surface area contributed by atoms with E-state index in [4.69, 9.17) is 21.4 Å². The predicted octanol–water partition coefficient (Wildman–Crippen LogP) is 7.29. The monoisotopic (exact) mass is 599 g/mol. The minimum absolute atomic E-state index is 0.111. The lowest BCUT2D eigenvalue weighted by Gasteiger charge is -2.40. The third kappa shape index (κ3) is 9.66. The largest absolute Gasteiger partial charge is 0.490 e. The molecule has 0 unspecified atom stereocenters. The number of halogens is 2. The van der Waals surface area contributed by atoms with Gasteiger partial charge in [-0.2, -0.15) is 0 Å². The number of anilines is 1. The molecule has 1 fully saturated rings. The van der Waals surface area contributed by atoms with Gasteiger partial charge in [0, 0.05) is 42.5 Å². The Bertz CT molecular complexity index is 1350. The molecule has 1 saturated heterocycles. The molecule has 0 radical (unpaired) electrons. The molecule has 0 bridgehead atoms. The number of hydrogen-bond acceptors (Lipinski definition) is 6. The van der Waals surface area contributed by atoms with E-state index in [1.54, 1.807) is 44.4 Å². The quantitative estimate of drug-likeness (QED) is 0.267.